The molecule has 0 amide bonds. The highest BCUT2D eigenvalue weighted by molar-refractivity contribution is 4.81. The Morgan fingerprint density at radius 3 is 1.81 bits per heavy atom. The molecule has 0 heterocycles. The second-order valence-electron chi connectivity index (χ2n) is 8.49. The molecule has 0 aromatic carbocycles. The summed E-state index contributed by atoms with van der Waals surface area (Å²) in [6.07, 6.45) is 0.794. The van der Waals surface area contributed by atoms with Gasteiger partial charge in [-0.2, -0.15) is 0 Å². The van der Waals surface area contributed by atoms with Crippen LogP contribution in [0.1, 0.15) is 67.7 Å². The lowest BCUT2D eigenvalue weighted by Gasteiger charge is -2.34. The van der Waals surface area contributed by atoms with Gasteiger partial charge in [0.05, 0.1) is 31.0 Å². The molecule has 0 saturated heterocycles. The lowest BCUT2D eigenvalue weighted by molar-refractivity contribution is -0.0808. The molecule has 26 heavy (non-hydrogen) atoms. The molecule has 5 heteroatoms. The first-order chi connectivity index (χ1) is 12.1. The van der Waals surface area contributed by atoms with Crippen molar-refractivity contribution in [3.8, 4) is 0 Å². The van der Waals surface area contributed by atoms with Gasteiger partial charge in [0, 0.05) is 17.8 Å². The molecule has 0 saturated carbocycles. The minimum Gasteiger partial charge on any atom is -0.393 e. The lowest BCUT2D eigenvalue weighted by atomic mass is 9.81. The van der Waals surface area contributed by atoms with Gasteiger partial charge in [0.1, 0.15) is 0 Å². The molecule has 0 spiro atoms. The SMILES string of the molecule is CCC(OC[C@H](C)C(O)[C@@H](C)C(O)C(C)C[C@H](C)CN)C(C)[C@H](O)CC. The highest BCUT2D eigenvalue weighted by Crippen LogP contribution is 2.26. The first kappa shape index (κ1) is 25.8. The maximum absolute atomic E-state index is 10.7. The Hall–Kier alpha value is -0.200. The van der Waals surface area contributed by atoms with Crippen LogP contribution in [-0.2, 0) is 4.74 Å². The molecule has 0 aromatic rings. The molecular formula is C21H45NO4. The summed E-state index contributed by atoms with van der Waals surface area (Å²) >= 11 is 0. The van der Waals surface area contributed by atoms with Crippen LogP contribution in [0, 0.1) is 29.6 Å². The van der Waals surface area contributed by atoms with Crippen molar-refractivity contribution in [2.45, 2.75) is 92.1 Å². The topological polar surface area (TPSA) is 95.9 Å². The smallest absolute Gasteiger partial charge is 0.0637 e. The van der Waals surface area contributed by atoms with Crippen molar-refractivity contribution >= 4 is 0 Å². The number of hydrogen-bond acceptors (Lipinski definition) is 5. The maximum atomic E-state index is 10.7. The first-order valence-corrected chi connectivity index (χ1v) is 10.5. The third-order valence-electron chi connectivity index (χ3n) is 6.01. The molecule has 0 fully saturated rings. The molecule has 5 unspecified atom stereocenters. The summed E-state index contributed by atoms with van der Waals surface area (Å²) in [5.74, 6) is 0.206. The molecule has 158 valence electrons. The van der Waals surface area contributed by atoms with Crippen LogP contribution in [0.2, 0.25) is 0 Å². The zero-order valence-corrected chi connectivity index (χ0v) is 18.1. The van der Waals surface area contributed by atoms with Gasteiger partial charge in [0.25, 0.3) is 0 Å². The van der Waals surface area contributed by atoms with Crippen LogP contribution in [0.3, 0.4) is 0 Å². The number of aliphatic hydroxyl groups excluding tert-OH is 3. The number of hydrogen-bond donors (Lipinski definition) is 4. The van der Waals surface area contributed by atoms with Crippen molar-refractivity contribution in [1.82, 2.24) is 0 Å². The molecule has 0 bridgehead atoms. The van der Waals surface area contributed by atoms with E-state index < -0.39 is 12.2 Å². The summed E-state index contributed by atoms with van der Waals surface area (Å²) < 4.78 is 6.01. The summed E-state index contributed by atoms with van der Waals surface area (Å²) in [6.45, 7) is 15.0. The van der Waals surface area contributed by atoms with Gasteiger partial charge >= 0.3 is 0 Å². The Balaban J connectivity index is 4.61. The molecule has 0 aliphatic carbocycles. The van der Waals surface area contributed by atoms with Gasteiger partial charge in [-0.15, -0.1) is 0 Å². The summed E-state index contributed by atoms with van der Waals surface area (Å²) in [6, 6.07) is 0. The fraction of sp³-hybridized carbons (Fsp3) is 1.00. The van der Waals surface area contributed by atoms with E-state index in [1.807, 2.05) is 34.6 Å². The van der Waals surface area contributed by atoms with Crippen molar-refractivity contribution in [1.29, 1.82) is 0 Å². The number of nitrogens with two attached hydrogens (primary N) is 1. The third kappa shape index (κ3) is 8.22. The van der Waals surface area contributed by atoms with E-state index in [-0.39, 0.29) is 35.9 Å². The Kier molecular flexibility index (Phi) is 13.0. The van der Waals surface area contributed by atoms with E-state index >= 15 is 0 Å². The quantitative estimate of drug-likeness (QED) is 0.374. The lowest BCUT2D eigenvalue weighted by Crippen LogP contribution is -2.40. The summed E-state index contributed by atoms with van der Waals surface area (Å²) in [5.41, 5.74) is 5.68. The maximum Gasteiger partial charge on any atom is 0.0637 e. The zero-order chi connectivity index (χ0) is 20.4. The summed E-state index contributed by atoms with van der Waals surface area (Å²) in [7, 11) is 0. The number of ether oxygens (including phenoxy) is 1. The van der Waals surface area contributed by atoms with E-state index in [0.717, 1.165) is 12.8 Å². The monoisotopic (exact) mass is 375 g/mol. The van der Waals surface area contributed by atoms with Crippen LogP contribution >= 0.6 is 0 Å². The fourth-order valence-corrected chi connectivity index (χ4v) is 3.74. The normalized spacial score (nSPS) is 22.7. The molecular weight excluding hydrogens is 330 g/mol. The predicted molar refractivity (Wildman–Crippen MR) is 108 cm³/mol. The third-order valence-corrected chi connectivity index (χ3v) is 6.01. The summed E-state index contributed by atoms with van der Waals surface area (Å²) in [5, 5.41) is 31.3. The van der Waals surface area contributed by atoms with E-state index in [1.165, 1.54) is 0 Å². The van der Waals surface area contributed by atoms with Gasteiger partial charge in [0.2, 0.25) is 0 Å². The van der Waals surface area contributed by atoms with Gasteiger partial charge in [-0.1, -0.05) is 48.5 Å². The Labute approximate surface area is 161 Å². The molecule has 5 N–H and O–H groups in total. The molecule has 0 aromatic heterocycles. The van der Waals surface area contributed by atoms with Gasteiger partial charge < -0.3 is 25.8 Å². The van der Waals surface area contributed by atoms with Gasteiger partial charge in [0.15, 0.2) is 0 Å². The minimum atomic E-state index is -0.635. The van der Waals surface area contributed by atoms with Crippen LogP contribution in [0.4, 0.5) is 0 Å². The molecule has 5 nitrogen and oxygen atoms in total. The van der Waals surface area contributed by atoms with Crippen LogP contribution in [0.15, 0.2) is 0 Å². The standard InChI is InChI=1S/C21H45NO4/c1-8-18(23)16(6)19(9-2)26-12-15(5)21(25)17(7)20(24)14(4)10-13(3)11-22/h13-21,23-25H,8-12,22H2,1-7H3/t13-,14?,15-,16?,17-,18+,19?,20?,21?/m0/s1. The Bertz CT molecular complexity index is 355. The molecule has 0 rings (SSSR count). The Morgan fingerprint density at radius 2 is 1.35 bits per heavy atom. The zero-order valence-electron chi connectivity index (χ0n) is 18.1. The fourth-order valence-electron chi connectivity index (χ4n) is 3.74. The summed E-state index contributed by atoms with van der Waals surface area (Å²) in [4.78, 5) is 0. The van der Waals surface area contributed by atoms with Gasteiger partial charge in [-0.05, 0) is 37.6 Å². The van der Waals surface area contributed by atoms with Crippen LogP contribution in [0.5, 0.6) is 0 Å². The second-order valence-corrected chi connectivity index (χ2v) is 8.49. The van der Waals surface area contributed by atoms with Gasteiger partial charge in [-0.3, -0.25) is 0 Å². The first-order valence-electron chi connectivity index (χ1n) is 10.5. The van der Waals surface area contributed by atoms with Crippen LogP contribution in [0.25, 0.3) is 0 Å². The van der Waals surface area contributed by atoms with Crippen molar-refractivity contribution in [2.24, 2.45) is 35.3 Å². The van der Waals surface area contributed by atoms with Crippen molar-refractivity contribution < 1.29 is 20.1 Å². The van der Waals surface area contributed by atoms with E-state index in [0.29, 0.717) is 25.5 Å². The minimum absolute atomic E-state index is 0.0239. The highest BCUT2D eigenvalue weighted by Gasteiger charge is 2.32. The molecule has 0 aliphatic heterocycles. The average molecular weight is 376 g/mol. The van der Waals surface area contributed by atoms with Crippen LogP contribution < -0.4 is 5.73 Å². The van der Waals surface area contributed by atoms with E-state index in [1.54, 1.807) is 0 Å². The van der Waals surface area contributed by atoms with E-state index in [2.05, 4.69) is 13.8 Å². The molecule has 9 atom stereocenters. The van der Waals surface area contributed by atoms with Gasteiger partial charge in [-0.25, -0.2) is 0 Å². The van der Waals surface area contributed by atoms with E-state index in [4.69, 9.17) is 10.5 Å². The number of rotatable bonds is 14. The predicted octanol–water partition coefficient (Wildman–Crippen LogP) is 2.80. The van der Waals surface area contributed by atoms with E-state index in [9.17, 15) is 15.3 Å². The highest BCUT2D eigenvalue weighted by atomic mass is 16.5. The van der Waals surface area contributed by atoms with Crippen LogP contribution in [-0.4, -0.2) is 52.9 Å². The Morgan fingerprint density at radius 1 is 0.808 bits per heavy atom. The largest absolute Gasteiger partial charge is 0.393 e. The molecule has 0 radical (unpaired) electrons. The molecule has 0 aliphatic rings. The number of aliphatic hydroxyl groups is 3. The van der Waals surface area contributed by atoms with Crippen molar-refractivity contribution in [2.75, 3.05) is 13.2 Å². The van der Waals surface area contributed by atoms with Crippen molar-refractivity contribution in [3.05, 3.63) is 0 Å². The van der Waals surface area contributed by atoms with Crippen molar-refractivity contribution in [3.63, 3.8) is 0 Å². The average Bonchev–Trinajstić information content (AvgIpc) is 2.64. The second kappa shape index (κ2) is 13.1.